The molecule has 0 radical (unpaired) electrons. The molecule has 1 heterocycles. The number of nitrogens with zero attached hydrogens (tertiary/aromatic N) is 2. The molecule has 0 aromatic heterocycles. The third-order valence-electron chi connectivity index (χ3n) is 5.70. The highest BCUT2D eigenvalue weighted by Gasteiger charge is 2.29. The van der Waals surface area contributed by atoms with E-state index in [-0.39, 0.29) is 17.7 Å². The Labute approximate surface area is 167 Å². The van der Waals surface area contributed by atoms with Gasteiger partial charge in [-0.05, 0) is 31.1 Å². The number of hydrogen-bond donors (Lipinski definition) is 0. The Bertz CT molecular complexity index is 717. The van der Waals surface area contributed by atoms with Crippen LogP contribution in [0, 0.1) is 5.92 Å². The van der Waals surface area contributed by atoms with Gasteiger partial charge in [0, 0.05) is 49.8 Å². The van der Waals surface area contributed by atoms with Gasteiger partial charge in [0.1, 0.15) is 11.5 Å². The maximum Gasteiger partial charge on any atom is 0.246 e. The Morgan fingerprint density at radius 2 is 1.64 bits per heavy atom. The van der Waals surface area contributed by atoms with Gasteiger partial charge in [-0.3, -0.25) is 9.59 Å². The molecule has 2 fully saturated rings. The molecule has 0 atom stereocenters. The minimum absolute atomic E-state index is 0.0392. The van der Waals surface area contributed by atoms with E-state index in [0.29, 0.717) is 37.7 Å². The summed E-state index contributed by atoms with van der Waals surface area (Å²) in [7, 11) is 3.20. The predicted molar refractivity (Wildman–Crippen MR) is 108 cm³/mol. The molecule has 1 saturated heterocycles. The van der Waals surface area contributed by atoms with E-state index in [1.807, 2.05) is 17.0 Å². The highest BCUT2D eigenvalue weighted by Crippen LogP contribution is 2.27. The minimum Gasteiger partial charge on any atom is -0.497 e. The standard InChI is InChI=1S/C22H30N2O4/c1-27-19-10-8-17(20(16-19)28-2)9-11-21(25)23-12-14-24(15-13-23)22(26)18-6-4-3-5-7-18/h8-11,16,18H,3-7,12-15H2,1-2H3/b11-9+. The van der Waals surface area contributed by atoms with Crippen molar-refractivity contribution >= 4 is 17.9 Å². The molecule has 6 nitrogen and oxygen atoms in total. The van der Waals surface area contributed by atoms with Gasteiger partial charge in [0.05, 0.1) is 14.2 Å². The van der Waals surface area contributed by atoms with Gasteiger partial charge >= 0.3 is 0 Å². The van der Waals surface area contributed by atoms with Crippen LogP contribution in [0.4, 0.5) is 0 Å². The number of amides is 2. The largest absolute Gasteiger partial charge is 0.497 e. The maximum absolute atomic E-state index is 12.6. The van der Waals surface area contributed by atoms with E-state index in [1.54, 1.807) is 37.3 Å². The van der Waals surface area contributed by atoms with Crippen LogP contribution < -0.4 is 9.47 Å². The average molecular weight is 386 g/mol. The molecule has 1 aliphatic heterocycles. The second-order valence-electron chi connectivity index (χ2n) is 7.43. The second-order valence-corrected chi connectivity index (χ2v) is 7.43. The Morgan fingerprint density at radius 1 is 0.964 bits per heavy atom. The lowest BCUT2D eigenvalue weighted by atomic mass is 9.88. The fraction of sp³-hybridized carbons (Fsp3) is 0.545. The van der Waals surface area contributed by atoms with Gasteiger partial charge < -0.3 is 19.3 Å². The first-order chi connectivity index (χ1) is 13.6. The maximum atomic E-state index is 12.6. The molecule has 0 spiro atoms. The van der Waals surface area contributed by atoms with Gasteiger partial charge in [-0.15, -0.1) is 0 Å². The molecule has 0 N–H and O–H groups in total. The third kappa shape index (κ3) is 4.86. The quantitative estimate of drug-likeness (QED) is 0.730. The van der Waals surface area contributed by atoms with Crippen LogP contribution in [0.3, 0.4) is 0 Å². The van der Waals surface area contributed by atoms with Crippen molar-refractivity contribution in [3.05, 3.63) is 29.8 Å². The topological polar surface area (TPSA) is 59.1 Å². The van der Waals surface area contributed by atoms with E-state index in [4.69, 9.17) is 9.47 Å². The first-order valence-corrected chi connectivity index (χ1v) is 10.1. The number of carbonyl (C=O) groups excluding carboxylic acids is 2. The Kier molecular flexibility index (Phi) is 6.95. The number of hydrogen-bond acceptors (Lipinski definition) is 4. The second kappa shape index (κ2) is 9.62. The lowest BCUT2D eigenvalue weighted by Gasteiger charge is -2.36. The van der Waals surface area contributed by atoms with E-state index in [0.717, 1.165) is 31.2 Å². The van der Waals surface area contributed by atoms with Crippen LogP contribution >= 0.6 is 0 Å². The summed E-state index contributed by atoms with van der Waals surface area (Å²) in [6.45, 7) is 2.42. The molecule has 0 bridgehead atoms. The van der Waals surface area contributed by atoms with E-state index in [1.165, 1.54) is 6.42 Å². The zero-order chi connectivity index (χ0) is 19.9. The average Bonchev–Trinajstić information content (AvgIpc) is 2.77. The summed E-state index contributed by atoms with van der Waals surface area (Å²) in [5.74, 6) is 1.80. The van der Waals surface area contributed by atoms with Gasteiger partial charge in [-0.25, -0.2) is 0 Å². The summed E-state index contributed by atoms with van der Waals surface area (Å²) in [5.41, 5.74) is 0.822. The number of methoxy groups -OCH3 is 2. The van der Waals surface area contributed by atoms with Crippen molar-refractivity contribution in [3.63, 3.8) is 0 Å². The number of piperazine rings is 1. The van der Waals surface area contributed by atoms with Crippen LogP contribution in [0.2, 0.25) is 0 Å². The summed E-state index contributed by atoms with van der Waals surface area (Å²) in [6, 6.07) is 5.49. The summed E-state index contributed by atoms with van der Waals surface area (Å²) in [6.07, 6.45) is 8.94. The molecule has 3 rings (SSSR count). The van der Waals surface area contributed by atoms with Crippen molar-refractivity contribution in [1.82, 2.24) is 9.80 Å². The molecule has 6 heteroatoms. The fourth-order valence-electron chi connectivity index (χ4n) is 3.98. The minimum atomic E-state index is -0.0392. The Balaban J connectivity index is 1.54. The van der Waals surface area contributed by atoms with E-state index in [2.05, 4.69) is 0 Å². The molecule has 2 amide bonds. The lowest BCUT2D eigenvalue weighted by Crippen LogP contribution is -2.51. The Hall–Kier alpha value is -2.50. The van der Waals surface area contributed by atoms with E-state index < -0.39 is 0 Å². The normalized spacial score (nSPS) is 18.4. The predicted octanol–water partition coefficient (Wildman–Crippen LogP) is 2.97. The monoisotopic (exact) mass is 386 g/mol. The van der Waals surface area contributed by atoms with Gasteiger partial charge in [0.25, 0.3) is 0 Å². The molecule has 2 aliphatic rings. The molecule has 1 saturated carbocycles. The van der Waals surface area contributed by atoms with Gasteiger partial charge in [0.2, 0.25) is 11.8 Å². The summed E-state index contributed by atoms with van der Waals surface area (Å²) >= 11 is 0. The number of rotatable bonds is 5. The zero-order valence-electron chi connectivity index (χ0n) is 16.9. The van der Waals surface area contributed by atoms with Crippen LogP contribution in [0.25, 0.3) is 6.08 Å². The van der Waals surface area contributed by atoms with Crippen LogP contribution in [0.1, 0.15) is 37.7 Å². The molecule has 1 aromatic rings. The van der Waals surface area contributed by atoms with Gasteiger partial charge in [0.15, 0.2) is 0 Å². The first kappa shape index (κ1) is 20.2. The number of benzene rings is 1. The molecule has 152 valence electrons. The highest BCUT2D eigenvalue weighted by atomic mass is 16.5. The van der Waals surface area contributed by atoms with Crippen LogP contribution in [0.5, 0.6) is 11.5 Å². The molecule has 1 aliphatic carbocycles. The van der Waals surface area contributed by atoms with Crippen LogP contribution in [0.15, 0.2) is 24.3 Å². The van der Waals surface area contributed by atoms with Crippen molar-refractivity contribution in [1.29, 1.82) is 0 Å². The SMILES string of the molecule is COc1ccc(/C=C/C(=O)N2CCN(C(=O)C3CCCCC3)CC2)c(OC)c1. The molecular formula is C22H30N2O4. The van der Waals surface area contributed by atoms with Crippen molar-refractivity contribution in [3.8, 4) is 11.5 Å². The lowest BCUT2D eigenvalue weighted by molar-refractivity contribution is -0.141. The van der Waals surface area contributed by atoms with Crippen LogP contribution in [-0.4, -0.2) is 62.0 Å². The van der Waals surface area contributed by atoms with Crippen molar-refractivity contribution in [2.45, 2.75) is 32.1 Å². The van der Waals surface area contributed by atoms with Crippen LogP contribution in [-0.2, 0) is 9.59 Å². The van der Waals surface area contributed by atoms with E-state index in [9.17, 15) is 9.59 Å². The molecular weight excluding hydrogens is 356 g/mol. The van der Waals surface area contributed by atoms with Crippen molar-refractivity contribution in [2.75, 3.05) is 40.4 Å². The summed E-state index contributed by atoms with van der Waals surface area (Å²) < 4.78 is 10.6. The third-order valence-corrected chi connectivity index (χ3v) is 5.70. The molecule has 28 heavy (non-hydrogen) atoms. The zero-order valence-corrected chi connectivity index (χ0v) is 16.9. The number of ether oxygens (including phenoxy) is 2. The van der Waals surface area contributed by atoms with E-state index >= 15 is 0 Å². The highest BCUT2D eigenvalue weighted by molar-refractivity contribution is 5.92. The first-order valence-electron chi connectivity index (χ1n) is 10.1. The van der Waals surface area contributed by atoms with Gasteiger partial charge in [-0.1, -0.05) is 19.3 Å². The number of carbonyl (C=O) groups is 2. The smallest absolute Gasteiger partial charge is 0.246 e. The fourth-order valence-corrected chi connectivity index (χ4v) is 3.98. The van der Waals surface area contributed by atoms with Crippen molar-refractivity contribution in [2.24, 2.45) is 5.92 Å². The van der Waals surface area contributed by atoms with Crippen molar-refractivity contribution < 1.29 is 19.1 Å². The summed E-state index contributed by atoms with van der Waals surface area (Å²) in [5, 5.41) is 0. The molecule has 1 aromatic carbocycles. The summed E-state index contributed by atoms with van der Waals surface area (Å²) in [4.78, 5) is 28.9. The molecule has 0 unspecified atom stereocenters. The van der Waals surface area contributed by atoms with Gasteiger partial charge in [-0.2, -0.15) is 0 Å². The Morgan fingerprint density at radius 3 is 2.29 bits per heavy atom.